The molecule has 0 atom stereocenters. The number of nitrogens with zero attached hydrogens (tertiary/aromatic N) is 2. The zero-order chi connectivity index (χ0) is 14.4. The van der Waals surface area contributed by atoms with E-state index in [0.717, 1.165) is 24.4 Å². The molecule has 0 spiro atoms. The monoisotopic (exact) mass is 291 g/mol. The quantitative estimate of drug-likeness (QED) is 0.889. The van der Waals surface area contributed by atoms with Crippen molar-refractivity contribution in [1.29, 1.82) is 0 Å². The summed E-state index contributed by atoms with van der Waals surface area (Å²) in [6.07, 6.45) is 1.70. The molecule has 2 aromatic rings. The van der Waals surface area contributed by atoms with Gasteiger partial charge in [-0.25, -0.2) is 4.98 Å². The molecule has 0 saturated carbocycles. The van der Waals surface area contributed by atoms with Crippen LogP contribution in [-0.2, 0) is 6.54 Å². The van der Waals surface area contributed by atoms with E-state index in [4.69, 9.17) is 22.1 Å². The molecule has 5 heteroatoms. The molecule has 4 nitrogen and oxygen atoms in total. The van der Waals surface area contributed by atoms with Gasteiger partial charge >= 0.3 is 0 Å². The van der Waals surface area contributed by atoms with Crippen molar-refractivity contribution in [3.8, 4) is 5.75 Å². The Hall–Kier alpha value is -1.78. The van der Waals surface area contributed by atoms with E-state index in [9.17, 15) is 0 Å². The standard InChI is InChI=1S/C15H18ClN3O/c1-19(11-12-4-3-7-18-15(12)17)8-9-20-14-6-2-5-13(16)10-14/h2-7,10H,8-9,11H2,1H3,(H2,17,18). The molecule has 0 unspecified atom stereocenters. The van der Waals surface area contributed by atoms with Crippen molar-refractivity contribution in [1.82, 2.24) is 9.88 Å². The third-order valence-corrected chi connectivity index (χ3v) is 3.14. The molecule has 0 bridgehead atoms. The number of hydrogen-bond donors (Lipinski definition) is 1. The van der Waals surface area contributed by atoms with E-state index in [1.54, 1.807) is 12.3 Å². The van der Waals surface area contributed by atoms with Crippen LogP contribution in [0, 0.1) is 0 Å². The van der Waals surface area contributed by atoms with E-state index in [-0.39, 0.29) is 0 Å². The number of rotatable bonds is 6. The predicted molar refractivity (Wildman–Crippen MR) is 81.9 cm³/mol. The minimum absolute atomic E-state index is 0.579. The van der Waals surface area contributed by atoms with Gasteiger partial charge in [0, 0.05) is 29.9 Å². The molecule has 0 fully saturated rings. The van der Waals surface area contributed by atoms with Crippen LogP contribution in [0.2, 0.25) is 5.02 Å². The smallest absolute Gasteiger partial charge is 0.127 e. The number of benzene rings is 1. The average molecular weight is 292 g/mol. The van der Waals surface area contributed by atoms with Gasteiger partial charge in [0.2, 0.25) is 0 Å². The summed E-state index contributed by atoms with van der Waals surface area (Å²) in [6, 6.07) is 11.3. The van der Waals surface area contributed by atoms with Gasteiger partial charge in [-0.1, -0.05) is 23.7 Å². The largest absolute Gasteiger partial charge is 0.492 e. The SMILES string of the molecule is CN(CCOc1cccc(Cl)c1)Cc1cccnc1N. The molecule has 1 heterocycles. The van der Waals surface area contributed by atoms with Crippen LogP contribution in [-0.4, -0.2) is 30.1 Å². The van der Waals surface area contributed by atoms with Crippen molar-refractivity contribution in [2.75, 3.05) is 25.9 Å². The Labute approximate surface area is 124 Å². The minimum atomic E-state index is 0.579. The maximum atomic E-state index is 5.90. The average Bonchev–Trinajstić information content (AvgIpc) is 2.41. The summed E-state index contributed by atoms with van der Waals surface area (Å²) >= 11 is 5.90. The van der Waals surface area contributed by atoms with Gasteiger partial charge in [-0.15, -0.1) is 0 Å². The van der Waals surface area contributed by atoms with Gasteiger partial charge in [-0.2, -0.15) is 0 Å². The Balaban J connectivity index is 1.78. The Bertz CT molecular complexity index is 562. The van der Waals surface area contributed by atoms with Crippen LogP contribution in [0.25, 0.3) is 0 Å². The minimum Gasteiger partial charge on any atom is -0.492 e. The van der Waals surface area contributed by atoms with Gasteiger partial charge in [-0.05, 0) is 31.3 Å². The maximum Gasteiger partial charge on any atom is 0.127 e. The third-order valence-electron chi connectivity index (χ3n) is 2.90. The van der Waals surface area contributed by atoms with Gasteiger partial charge < -0.3 is 10.5 Å². The van der Waals surface area contributed by atoms with E-state index in [2.05, 4.69) is 9.88 Å². The van der Waals surface area contributed by atoms with Crippen molar-refractivity contribution in [2.24, 2.45) is 0 Å². The first-order chi connectivity index (χ1) is 9.65. The fourth-order valence-corrected chi connectivity index (χ4v) is 2.01. The number of anilines is 1. The van der Waals surface area contributed by atoms with E-state index >= 15 is 0 Å². The summed E-state index contributed by atoms with van der Waals surface area (Å²) in [5.41, 5.74) is 6.85. The number of aromatic nitrogens is 1. The summed E-state index contributed by atoms with van der Waals surface area (Å²) in [5, 5.41) is 0.680. The van der Waals surface area contributed by atoms with E-state index in [1.165, 1.54) is 0 Å². The molecule has 1 aromatic heterocycles. The molecule has 0 radical (unpaired) electrons. The second kappa shape index (κ2) is 7.12. The van der Waals surface area contributed by atoms with E-state index in [0.29, 0.717) is 17.4 Å². The second-order valence-electron chi connectivity index (χ2n) is 4.59. The fourth-order valence-electron chi connectivity index (χ4n) is 1.83. The fraction of sp³-hybridized carbons (Fsp3) is 0.267. The van der Waals surface area contributed by atoms with Crippen molar-refractivity contribution in [3.63, 3.8) is 0 Å². The number of nitrogens with two attached hydrogens (primary N) is 1. The molecular formula is C15H18ClN3O. The highest BCUT2D eigenvalue weighted by atomic mass is 35.5. The lowest BCUT2D eigenvalue weighted by Crippen LogP contribution is -2.24. The van der Waals surface area contributed by atoms with Gasteiger partial charge in [-0.3, -0.25) is 4.90 Å². The number of halogens is 1. The number of likely N-dealkylation sites (N-methyl/N-ethyl adjacent to an activating group) is 1. The molecule has 1 aromatic carbocycles. The van der Waals surface area contributed by atoms with Crippen LogP contribution in [0.15, 0.2) is 42.6 Å². The van der Waals surface area contributed by atoms with Gasteiger partial charge in [0.25, 0.3) is 0 Å². The molecule has 2 N–H and O–H groups in total. The molecular weight excluding hydrogens is 274 g/mol. The first-order valence-electron chi connectivity index (χ1n) is 6.41. The number of pyridine rings is 1. The highest BCUT2D eigenvalue weighted by Gasteiger charge is 2.04. The Morgan fingerprint density at radius 3 is 2.90 bits per heavy atom. The summed E-state index contributed by atoms with van der Waals surface area (Å²) < 4.78 is 5.65. The predicted octanol–water partition coefficient (Wildman–Crippen LogP) is 2.83. The van der Waals surface area contributed by atoms with Gasteiger partial charge in [0.15, 0.2) is 0 Å². The highest BCUT2D eigenvalue weighted by molar-refractivity contribution is 6.30. The normalized spacial score (nSPS) is 10.8. The Morgan fingerprint density at radius 1 is 1.30 bits per heavy atom. The lowest BCUT2D eigenvalue weighted by atomic mass is 10.2. The first kappa shape index (κ1) is 14.6. The Morgan fingerprint density at radius 2 is 2.15 bits per heavy atom. The maximum absolute atomic E-state index is 5.90. The topological polar surface area (TPSA) is 51.4 Å². The van der Waals surface area contributed by atoms with Crippen molar-refractivity contribution in [3.05, 3.63) is 53.2 Å². The van der Waals surface area contributed by atoms with Crippen molar-refractivity contribution in [2.45, 2.75) is 6.54 Å². The first-order valence-corrected chi connectivity index (χ1v) is 6.79. The molecule has 106 valence electrons. The molecule has 2 rings (SSSR count). The van der Waals surface area contributed by atoms with Crippen LogP contribution < -0.4 is 10.5 Å². The van der Waals surface area contributed by atoms with Gasteiger partial charge in [0.05, 0.1) is 0 Å². The van der Waals surface area contributed by atoms with Crippen LogP contribution in [0.1, 0.15) is 5.56 Å². The zero-order valence-corrected chi connectivity index (χ0v) is 12.2. The summed E-state index contributed by atoms with van der Waals surface area (Å²) in [4.78, 5) is 6.21. The third kappa shape index (κ3) is 4.40. The molecule has 20 heavy (non-hydrogen) atoms. The van der Waals surface area contributed by atoms with Crippen LogP contribution in [0.4, 0.5) is 5.82 Å². The number of hydrogen-bond acceptors (Lipinski definition) is 4. The second-order valence-corrected chi connectivity index (χ2v) is 5.03. The number of nitrogen functional groups attached to an aromatic ring is 1. The van der Waals surface area contributed by atoms with E-state index < -0.39 is 0 Å². The van der Waals surface area contributed by atoms with Crippen LogP contribution in [0.3, 0.4) is 0 Å². The molecule has 0 amide bonds. The van der Waals surface area contributed by atoms with Crippen molar-refractivity contribution < 1.29 is 4.74 Å². The van der Waals surface area contributed by atoms with Crippen LogP contribution in [0.5, 0.6) is 5.75 Å². The number of ether oxygens (including phenoxy) is 1. The molecule has 0 aliphatic heterocycles. The summed E-state index contributed by atoms with van der Waals surface area (Å²) in [7, 11) is 2.02. The highest BCUT2D eigenvalue weighted by Crippen LogP contribution is 2.17. The molecule has 0 saturated heterocycles. The molecule has 0 aliphatic rings. The zero-order valence-electron chi connectivity index (χ0n) is 11.4. The summed E-state index contributed by atoms with van der Waals surface area (Å²) in [5.74, 6) is 1.36. The Kier molecular flexibility index (Phi) is 5.21. The molecule has 0 aliphatic carbocycles. The van der Waals surface area contributed by atoms with Crippen molar-refractivity contribution >= 4 is 17.4 Å². The lowest BCUT2D eigenvalue weighted by molar-refractivity contribution is 0.233. The van der Waals surface area contributed by atoms with E-state index in [1.807, 2.05) is 37.4 Å². The van der Waals surface area contributed by atoms with Gasteiger partial charge in [0.1, 0.15) is 18.2 Å². The summed E-state index contributed by atoms with van der Waals surface area (Å²) in [6.45, 7) is 2.14. The lowest BCUT2D eigenvalue weighted by Gasteiger charge is -2.17. The van der Waals surface area contributed by atoms with Crippen LogP contribution >= 0.6 is 11.6 Å².